The van der Waals surface area contributed by atoms with Gasteiger partial charge < -0.3 is 15.1 Å². The summed E-state index contributed by atoms with van der Waals surface area (Å²) in [5.74, 6) is 1.77. The molecule has 1 aromatic heterocycles. The molecule has 2 fully saturated rings. The van der Waals surface area contributed by atoms with Crippen LogP contribution < -0.4 is 15.1 Å². The van der Waals surface area contributed by atoms with Crippen LogP contribution in [0.4, 0.5) is 17.3 Å². The van der Waals surface area contributed by atoms with Crippen LogP contribution in [0.1, 0.15) is 31.2 Å². The Morgan fingerprint density at radius 2 is 1.50 bits per heavy atom. The zero-order valence-electron chi connectivity index (χ0n) is 18.0. The minimum absolute atomic E-state index is 0.0302. The maximum absolute atomic E-state index is 13.2. The molecule has 1 N–H and O–H groups in total. The second-order valence-electron chi connectivity index (χ2n) is 8.54. The summed E-state index contributed by atoms with van der Waals surface area (Å²) in [6.07, 6.45) is 6.19. The molecule has 9 nitrogen and oxygen atoms in total. The molecule has 0 aliphatic carbocycles. The Morgan fingerprint density at radius 3 is 2.22 bits per heavy atom. The van der Waals surface area contributed by atoms with Crippen molar-refractivity contribution >= 4 is 33.3 Å². The van der Waals surface area contributed by atoms with E-state index in [4.69, 9.17) is 0 Å². The normalized spacial score (nSPS) is 20.1. The molecule has 0 atom stereocenters. The van der Waals surface area contributed by atoms with Crippen LogP contribution >= 0.6 is 0 Å². The molecule has 2 saturated heterocycles. The first-order valence-corrected chi connectivity index (χ1v) is 12.7. The molecule has 4 heterocycles. The number of aromatic nitrogens is 2. The summed E-state index contributed by atoms with van der Waals surface area (Å²) in [4.78, 5) is 25.2. The Labute approximate surface area is 188 Å². The molecule has 0 radical (unpaired) electrons. The summed E-state index contributed by atoms with van der Waals surface area (Å²) in [5.41, 5.74) is 1.58. The minimum Gasteiger partial charge on any atom is -0.356 e. The van der Waals surface area contributed by atoms with Gasteiger partial charge in [-0.3, -0.25) is 4.79 Å². The second-order valence-corrected chi connectivity index (χ2v) is 10.5. The molecular formula is C22H28N6O3S. The highest BCUT2D eigenvalue weighted by Gasteiger charge is 2.30. The number of hydrogen-bond acceptors (Lipinski definition) is 7. The second kappa shape index (κ2) is 8.67. The average Bonchev–Trinajstić information content (AvgIpc) is 2.84. The van der Waals surface area contributed by atoms with Crippen LogP contribution in [0, 0.1) is 0 Å². The first kappa shape index (κ1) is 21.1. The molecule has 1 amide bonds. The van der Waals surface area contributed by atoms with Crippen LogP contribution in [0.25, 0.3) is 0 Å². The molecule has 32 heavy (non-hydrogen) atoms. The summed E-state index contributed by atoms with van der Waals surface area (Å²) in [6, 6.07) is 7.00. The minimum atomic E-state index is -3.59. The lowest BCUT2D eigenvalue weighted by atomic mass is 10.0. The van der Waals surface area contributed by atoms with Crippen LogP contribution in [0.15, 0.2) is 35.5 Å². The molecular weight excluding hydrogens is 428 g/mol. The number of nitrogens with one attached hydrogen (secondary N) is 1. The number of anilines is 3. The summed E-state index contributed by atoms with van der Waals surface area (Å²) in [7, 11) is -3.59. The van der Waals surface area contributed by atoms with Gasteiger partial charge >= 0.3 is 0 Å². The number of rotatable bonds is 4. The fourth-order valence-electron chi connectivity index (χ4n) is 4.63. The smallest absolute Gasteiger partial charge is 0.243 e. The van der Waals surface area contributed by atoms with E-state index in [1.807, 2.05) is 6.07 Å². The van der Waals surface area contributed by atoms with E-state index in [-0.39, 0.29) is 10.8 Å². The van der Waals surface area contributed by atoms with Gasteiger partial charge in [0.15, 0.2) is 0 Å². The monoisotopic (exact) mass is 456 g/mol. The van der Waals surface area contributed by atoms with Crippen molar-refractivity contribution in [3.05, 3.63) is 36.2 Å². The van der Waals surface area contributed by atoms with E-state index in [0.717, 1.165) is 30.3 Å². The van der Waals surface area contributed by atoms with E-state index in [2.05, 4.69) is 25.1 Å². The van der Waals surface area contributed by atoms with Gasteiger partial charge in [0.1, 0.15) is 18.0 Å². The lowest BCUT2D eigenvalue weighted by Crippen LogP contribution is -2.49. The third kappa shape index (κ3) is 4.16. The first-order valence-electron chi connectivity index (χ1n) is 11.3. The summed E-state index contributed by atoms with van der Waals surface area (Å²) in [5, 5.41) is 2.80. The number of hydrogen-bond donors (Lipinski definition) is 1. The Morgan fingerprint density at radius 1 is 0.812 bits per heavy atom. The predicted octanol–water partition coefficient (Wildman–Crippen LogP) is 1.86. The number of aryl methyl sites for hydroxylation is 1. The lowest BCUT2D eigenvalue weighted by molar-refractivity contribution is -0.116. The Hall–Kier alpha value is -2.72. The van der Waals surface area contributed by atoms with Gasteiger partial charge in [0.25, 0.3) is 0 Å². The molecule has 2 aromatic rings. The van der Waals surface area contributed by atoms with E-state index in [1.54, 1.807) is 28.8 Å². The van der Waals surface area contributed by atoms with E-state index in [1.165, 1.54) is 19.3 Å². The number of sulfonamides is 1. The Kier molecular flexibility index (Phi) is 5.73. The van der Waals surface area contributed by atoms with Crippen molar-refractivity contribution in [3.63, 3.8) is 0 Å². The molecule has 170 valence electrons. The molecule has 5 rings (SSSR count). The standard InChI is InChI=1S/C22H28N6O3S/c29-22-7-4-17-14-18(5-6-19(17)25-22)32(30,31)28-12-10-27(11-13-28)21-15-20(23-16-24-21)26-8-2-1-3-9-26/h5-6,14-16H,1-4,7-13H2,(H,25,29). The van der Waals surface area contributed by atoms with Crippen LogP contribution in [0.5, 0.6) is 0 Å². The highest BCUT2D eigenvalue weighted by molar-refractivity contribution is 7.89. The van der Waals surface area contributed by atoms with Crippen molar-refractivity contribution in [2.45, 2.75) is 37.0 Å². The van der Waals surface area contributed by atoms with Gasteiger partial charge in [-0.1, -0.05) is 0 Å². The molecule has 0 spiro atoms. The maximum atomic E-state index is 13.2. The lowest BCUT2D eigenvalue weighted by Gasteiger charge is -2.35. The number of piperazine rings is 1. The van der Waals surface area contributed by atoms with E-state index >= 15 is 0 Å². The first-order chi connectivity index (χ1) is 15.5. The zero-order chi connectivity index (χ0) is 22.1. The number of benzene rings is 1. The highest BCUT2D eigenvalue weighted by Crippen LogP contribution is 2.28. The quantitative estimate of drug-likeness (QED) is 0.750. The van der Waals surface area contributed by atoms with Crippen LogP contribution in [-0.4, -0.2) is 67.9 Å². The van der Waals surface area contributed by atoms with Gasteiger partial charge in [-0.05, 0) is 49.4 Å². The van der Waals surface area contributed by atoms with Gasteiger partial charge in [0, 0.05) is 57.4 Å². The van der Waals surface area contributed by atoms with Crippen molar-refractivity contribution in [2.24, 2.45) is 0 Å². The van der Waals surface area contributed by atoms with Gasteiger partial charge in [-0.2, -0.15) is 4.31 Å². The largest absolute Gasteiger partial charge is 0.356 e. The van der Waals surface area contributed by atoms with Crippen LogP contribution in [0.2, 0.25) is 0 Å². The molecule has 0 unspecified atom stereocenters. The maximum Gasteiger partial charge on any atom is 0.243 e. The van der Waals surface area contributed by atoms with Crippen molar-refractivity contribution in [2.75, 3.05) is 54.4 Å². The fourth-order valence-corrected chi connectivity index (χ4v) is 6.11. The van der Waals surface area contributed by atoms with Crippen molar-refractivity contribution in [3.8, 4) is 0 Å². The topological polar surface area (TPSA) is 98.7 Å². The van der Waals surface area contributed by atoms with Crippen molar-refractivity contribution in [1.82, 2.24) is 14.3 Å². The Balaban J connectivity index is 1.27. The highest BCUT2D eigenvalue weighted by atomic mass is 32.2. The molecule has 1 aromatic carbocycles. The molecule has 3 aliphatic heterocycles. The van der Waals surface area contributed by atoms with E-state index < -0.39 is 10.0 Å². The third-order valence-corrected chi connectivity index (χ3v) is 8.39. The van der Waals surface area contributed by atoms with Gasteiger partial charge in [-0.25, -0.2) is 18.4 Å². The Bertz CT molecular complexity index is 1110. The van der Waals surface area contributed by atoms with E-state index in [9.17, 15) is 13.2 Å². The van der Waals surface area contributed by atoms with Gasteiger partial charge in [0.2, 0.25) is 15.9 Å². The fraction of sp³-hybridized carbons (Fsp3) is 0.500. The number of nitrogens with zero attached hydrogens (tertiary/aromatic N) is 5. The average molecular weight is 457 g/mol. The molecule has 3 aliphatic rings. The van der Waals surface area contributed by atoms with Crippen molar-refractivity contribution < 1.29 is 13.2 Å². The summed E-state index contributed by atoms with van der Waals surface area (Å²) < 4.78 is 28.0. The van der Waals surface area contributed by atoms with Crippen LogP contribution in [0.3, 0.4) is 0 Å². The predicted molar refractivity (Wildman–Crippen MR) is 122 cm³/mol. The SMILES string of the molecule is O=C1CCc2cc(S(=O)(=O)N3CCN(c4cc(N5CCCCC5)ncn4)CC3)ccc2N1. The summed E-state index contributed by atoms with van der Waals surface area (Å²) >= 11 is 0. The van der Waals surface area contributed by atoms with E-state index in [0.29, 0.717) is 44.7 Å². The zero-order valence-corrected chi connectivity index (χ0v) is 18.9. The third-order valence-electron chi connectivity index (χ3n) is 6.49. The number of fused-ring (bicyclic) bond motifs is 1. The van der Waals surface area contributed by atoms with Crippen molar-refractivity contribution in [1.29, 1.82) is 0 Å². The molecule has 10 heteroatoms. The number of piperidine rings is 1. The van der Waals surface area contributed by atoms with Gasteiger partial charge in [0.05, 0.1) is 4.90 Å². The van der Waals surface area contributed by atoms with Gasteiger partial charge in [-0.15, -0.1) is 0 Å². The van der Waals surface area contributed by atoms with Crippen LogP contribution in [-0.2, 0) is 21.2 Å². The summed E-state index contributed by atoms with van der Waals surface area (Å²) in [6.45, 7) is 4.01. The number of carbonyl (C=O) groups excluding carboxylic acids is 1. The number of amides is 1. The number of carbonyl (C=O) groups is 1. The molecule has 0 saturated carbocycles. The molecule has 0 bridgehead atoms.